The lowest BCUT2D eigenvalue weighted by molar-refractivity contribution is 0.0909. The van der Waals surface area contributed by atoms with E-state index >= 15 is 0 Å². The molecule has 100 valence electrons. The van der Waals surface area contributed by atoms with Gasteiger partial charge >= 0.3 is 0 Å². The Labute approximate surface area is 111 Å². The van der Waals surface area contributed by atoms with Crippen LogP contribution in [-0.4, -0.2) is 28.6 Å². The summed E-state index contributed by atoms with van der Waals surface area (Å²) >= 11 is 0. The molecule has 5 heteroatoms. The summed E-state index contributed by atoms with van der Waals surface area (Å²) in [5.41, 5.74) is 7.38. The molecule has 0 bridgehead atoms. The number of pyridine rings is 1. The maximum Gasteiger partial charge on any atom is 0.270 e. The molecule has 2 rings (SSSR count). The minimum Gasteiger partial charge on any atom is -0.398 e. The molecule has 1 aromatic carbocycles. The minimum atomic E-state index is -0.540. The van der Waals surface area contributed by atoms with Crippen molar-refractivity contribution < 1.29 is 9.90 Å². The Hall–Kier alpha value is -2.14. The van der Waals surface area contributed by atoms with Crippen molar-refractivity contribution in [1.82, 2.24) is 10.3 Å². The van der Waals surface area contributed by atoms with Crippen LogP contribution in [0.5, 0.6) is 0 Å². The Morgan fingerprint density at radius 1 is 1.47 bits per heavy atom. The zero-order valence-corrected chi connectivity index (χ0v) is 10.8. The zero-order chi connectivity index (χ0) is 13.8. The number of carbonyl (C=O) groups excluding carboxylic acids is 1. The maximum absolute atomic E-state index is 11.9. The maximum atomic E-state index is 11.9. The number of hydrogen-bond donors (Lipinski definition) is 3. The van der Waals surface area contributed by atoms with Gasteiger partial charge in [0.15, 0.2) is 0 Å². The summed E-state index contributed by atoms with van der Waals surface area (Å²) < 4.78 is 0. The first-order chi connectivity index (χ1) is 9.11. The highest BCUT2D eigenvalue weighted by Gasteiger charge is 2.11. The van der Waals surface area contributed by atoms with Gasteiger partial charge in [0.25, 0.3) is 5.91 Å². The second kappa shape index (κ2) is 5.67. The van der Waals surface area contributed by atoms with Crippen LogP contribution in [0.3, 0.4) is 0 Å². The lowest BCUT2D eigenvalue weighted by Gasteiger charge is -2.10. The molecule has 0 fully saturated rings. The van der Waals surface area contributed by atoms with E-state index in [2.05, 4.69) is 10.3 Å². The van der Waals surface area contributed by atoms with E-state index in [9.17, 15) is 9.90 Å². The number of anilines is 1. The topological polar surface area (TPSA) is 88.2 Å². The van der Waals surface area contributed by atoms with Crippen molar-refractivity contribution in [1.29, 1.82) is 0 Å². The molecule has 0 aliphatic rings. The fraction of sp³-hybridized carbons (Fsp3) is 0.286. The summed E-state index contributed by atoms with van der Waals surface area (Å²) in [6, 6.07) is 8.94. The van der Waals surface area contributed by atoms with Crippen molar-refractivity contribution in [2.45, 2.75) is 19.4 Å². The van der Waals surface area contributed by atoms with Gasteiger partial charge < -0.3 is 16.2 Å². The third-order valence-electron chi connectivity index (χ3n) is 2.95. The molecule has 1 atom stereocenters. The highest BCUT2D eigenvalue weighted by molar-refractivity contribution is 5.99. The van der Waals surface area contributed by atoms with Gasteiger partial charge in [0.05, 0.1) is 11.6 Å². The first-order valence-corrected chi connectivity index (χ1v) is 6.23. The number of benzene rings is 1. The van der Waals surface area contributed by atoms with E-state index in [0.29, 0.717) is 17.6 Å². The average molecular weight is 259 g/mol. The van der Waals surface area contributed by atoms with Crippen molar-refractivity contribution in [3.8, 4) is 0 Å². The fourth-order valence-electron chi connectivity index (χ4n) is 1.76. The number of aliphatic hydroxyl groups is 1. The lowest BCUT2D eigenvalue weighted by Crippen LogP contribution is -2.32. The van der Waals surface area contributed by atoms with Gasteiger partial charge in [-0.3, -0.25) is 4.79 Å². The van der Waals surface area contributed by atoms with Gasteiger partial charge in [-0.2, -0.15) is 0 Å². The molecule has 4 N–H and O–H groups in total. The van der Waals surface area contributed by atoms with E-state index in [-0.39, 0.29) is 18.1 Å². The lowest BCUT2D eigenvalue weighted by atomic mass is 10.1. The van der Waals surface area contributed by atoms with Crippen LogP contribution in [0.4, 0.5) is 5.69 Å². The molecule has 0 aliphatic heterocycles. The first kappa shape index (κ1) is 13.3. The van der Waals surface area contributed by atoms with Gasteiger partial charge in [-0.25, -0.2) is 4.98 Å². The van der Waals surface area contributed by atoms with Gasteiger partial charge in [0.2, 0.25) is 0 Å². The molecule has 2 aromatic rings. The SMILES string of the molecule is CCC(O)CNC(=O)c1cc(N)c2ccccc2n1. The average Bonchev–Trinajstić information content (AvgIpc) is 2.44. The molecule has 1 unspecified atom stereocenters. The molecular formula is C14H17N3O2. The number of rotatable bonds is 4. The van der Waals surface area contributed by atoms with Crippen molar-refractivity contribution in [2.75, 3.05) is 12.3 Å². The highest BCUT2D eigenvalue weighted by Crippen LogP contribution is 2.19. The van der Waals surface area contributed by atoms with E-state index < -0.39 is 6.10 Å². The van der Waals surface area contributed by atoms with Gasteiger partial charge in [-0.15, -0.1) is 0 Å². The molecule has 5 nitrogen and oxygen atoms in total. The number of nitrogens with two attached hydrogens (primary N) is 1. The van der Waals surface area contributed by atoms with Crippen LogP contribution in [0.15, 0.2) is 30.3 Å². The zero-order valence-electron chi connectivity index (χ0n) is 10.8. The number of hydrogen-bond acceptors (Lipinski definition) is 4. The van der Waals surface area contributed by atoms with E-state index in [1.807, 2.05) is 31.2 Å². The summed E-state index contributed by atoms with van der Waals surface area (Å²) in [6.45, 7) is 2.06. The van der Waals surface area contributed by atoms with Crippen LogP contribution < -0.4 is 11.1 Å². The molecule has 0 saturated heterocycles. The minimum absolute atomic E-state index is 0.212. The normalized spacial score (nSPS) is 12.3. The fourth-order valence-corrected chi connectivity index (χ4v) is 1.76. The van der Waals surface area contributed by atoms with Crippen molar-refractivity contribution in [3.05, 3.63) is 36.0 Å². The van der Waals surface area contributed by atoms with Crippen LogP contribution in [0.1, 0.15) is 23.8 Å². The quantitative estimate of drug-likeness (QED) is 0.772. The number of nitrogens with one attached hydrogen (secondary N) is 1. The van der Waals surface area contributed by atoms with Gasteiger partial charge in [0.1, 0.15) is 5.69 Å². The van der Waals surface area contributed by atoms with Crippen LogP contribution in [0, 0.1) is 0 Å². The number of nitrogens with zero attached hydrogens (tertiary/aromatic N) is 1. The number of carbonyl (C=O) groups is 1. The van der Waals surface area contributed by atoms with Crippen LogP contribution >= 0.6 is 0 Å². The Kier molecular flexibility index (Phi) is 3.97. The number of nitrogen functional groups attached to an aromatic ring is 1. The van der Waals surface area contributed by atoms with Crippen molar-refractivity contribution in [2.24, 2.45) is 0 Å². The molecule has 0 aliphatic carbocycles. The van der Waals surface area contributed by atoms with E-state index in [1.54, 1.807) is 6.07 Å². The number of amides is 1. The predicted octanol–water partition coefficient (Wildman–Crippen LogP) is 1.32. The molecule has 1 heterocycles. The number of para-hydroxylation sites is 1. The first-order valence-electron chi connectivity index (χ1n) is 6.23. The second-order valence-electron chi connectivity index (χ2n) is 4.39. The van der Waals surface area contributed by atoms with E-state index in [1.165, 1.54) is 0 Å². The third kappa shape index (κ3) is 3.00. The Morgan fingerprint density at radius 2 is 2.21 bits per heavy atom. The molecular weight excluding hydrogens is 242 g/mol. The molecule has 0 radical (unpaired) electrons. The largest absolute Gasteiger partial charge is 0.398 e. The summed E-state index contributed by atoms with van der Waals surface area (Å²) in [7, 11) is 0. The second-order valence-corrected chi connectivity index (χ2v) is 4.39. The van der Waals surface area contributed by atoms with E-state index in [0.717, 1.165) is 5.39 Å². The standard InChI is InChI=1S/C14H17N3O2/c1-2-9(18)8-16-14(19)13-7-11(15)10-5-3-4-6-12(10)17-13/h3-7,9,18H,2,8H2,1H3,(H2,15,17)(H,16,19). The smallest absolute Gasteiger partial charge is 0.270 e. The Morgan fingerprint density at radius 3 is 2.95 bits per heavy atom. The van der Waals surface area contributed by atoms with Gasteiger partial charge in [-0.1, -0.05) is 25.1 Å². The Balaban J connectivity index is 2.23. The van der Waals surface area contributed by atoms with Gasteiger partial charge in [0, 0.05) is 17.6 Å². The number of aliphatic hydroxyl groups excluding tert-OH is 1. The summed E-state index contributed by atoms with van der Waals surface area (Å²) in [5.74, 6) is -0.329. The van der Waals surface area contributed by atoms with Crippen molar-refractivity contribution >= 4 is 22.5 Å². The summed E-state index contributed by atoms with van der Waals surface area (Å²) in [5, 5.41) is 12.9. The Bertz CT molecular complexity index is 598. The van der Waals surface area contributed by atoms with Gasteiger partial charge in [-0.05, 0) is 18.6 Å². The van der Waals surface area contributed by atoms with Crippen LogP contribution in [-0.2, 0) is 0 Å². The third-order valence-corrected chi connectivity index (χ3v) is 2.95. The predicted molar refractivity (Wildman–Crippen MR) is 74.8 cm³/mol. The van der Waals surface area contributed by atoms with E-state index in [4.69, 9.17) is 5.73 Å². The number of fused-ring (bicyclic) bond motifs is 1. The molecule has 0 spiro atoms. The monoisotopic (exact) mass is 259 g/mol. The number of aromatic nitrogens is 1. The molecule has 1 aromatic heterocycles. The molecule has 1 amide bonds. The molecule has 0 saturated carbocycles. The molecule has 19 heavy (non-hydrogen) atoms. The van der Waals surface area contributed by atoms with Crippen LogP contribution in [0.25, 0.3) is 10.9 Å². The van der Waals surface area contributed by atoms with Crippen LogP contribution in [0.2, 0.25) is 0 Å². The summed E-state index contributed by atoms with van der Waals surface area (Å²) in [6.07, 6.45) is 0.0508. The van der Waals surface area contributed by atoms with Crippen molar-refractivity contribution in [3.63, 3.8) is 0 Å². The highest BCUT2D eigenvalue weighted by atomic mass is 16.3. The summed E-state index contributed by atoms with van der Waals surface area (Å²) in [4.78, 5) is 16.2.